The van der Waals surface area contributed by atoms with E-state index in [1.165, 1.54) is 11.1 Å². The van der Waals surface area contributed by atoms with Crippen LogP contribution < -0.4 is 5.73 Å². The van der Waals surface area contributed by atoms with Crippen LogP contribution in [0.15, 0.2) is 36.7 Å². The van der Waals surface area contributed by atoms with Gasteiger partial charge in [-0.3, -0.25) is 4.68 Å². The second kappa shape index (κ2) is 5.83. The zero-order valence-corrected chi connectivity index (χ0v) is 11.1. The van der Waals surface area contributed by atoms with Gasteiger partial charge in [0.25, 0.3) is 0 Å². The van der Waals surface area contributed by atoms with Crippen molar-refractivity contribution in [2.75, 3.05) is 0 Å². The van der Waals surface area contributed by atoms with Gasteiger partial charge in [-0.1, -0.05) is 29.8 Å². The average Bonchev–Trinajstić information content (AvgIpc) is 2.85. The summed E-state index contributed by atoms with van der Waals surface area (Å²) >= 11 is 0. The fourth-order valence-electron chi connectivity index (χ4n) is 2.10. The number of hydrogen-bond donors (Lipinski definition) is 1. The lowest BCUT2D eigenvalue weighted by atomic mass is 10.0. The quantitative estimate of drug-likeness (QED) is 0.877. The van der Waals surface area contributed by atoms with Crippen LogP contribution in [0.1, 0.15) is 36.1 Å². The van der Waals surface area contributed by atoms with Gasteiger partial charge in [0.05, 0.1) is 6.20 Å². The Labute approximate surface area is 109 Å². The molecule has 2 aromatic rings. The summed E-state index contributed by atoms with van der Waals surface area (Å²) < 4.78 is 1.92. The number of nitrogens with two attached hydrogens (primary N) is 1. The SMILES string of the molecule is CCn1cc(C(N)CCc2cccc(C)c2)cn1. The molecule has 1 unspecified atom stereocenters. The summed E-state index contributed by atoms with van der Waals surface area (Å²) in [5, 5.41) is 4.26. The van der Waals surface area contributed by atoms with Crippen LogP contribution in [0.2, 0.25) is 0 Å². The van der Waals surface area contributed by atoms with Crippen LogP contribution in [0.4, 0.5) is 0 Å². The first-order valence-electron chi connectivity index (χ1n) is 6.52. The zero-order chi connectivity index (χ0) is 13.0. The van der Waals surface area contributed by atoms with Crippen molar-refractivity contribution in [3.8, 4) is 0 Å². The van der Waals surface area contributed by atoms with Crippen molar-refractivity contribution < 1.29 is 0 Å². The first-order chi connectivity index (χ1) is 8.69. The van der Waals surface area contributed by atoms with E-state index in [1.54, 1.807) is 0 Å². The minimum atomic E-state index is 0.0748. The van der Waals surface area contributed by atoms with Crippen LogP contribution in [0, 0.1) is 6.92 Å². The molecule has 0 amide bonds. The van der Waals surface area contributed by atoms with Gasteiger partial charge in [-0.2, -0.15) is 5.10 Å². The second-order valence-electron chi connectivity index (χ2n) is 4.76. The highest BCUT2D eigenvalue weighted by molar-refractivity contribution is 5.22. The van der Waals surface area contributed by atoms with Gasteiger partial charge in [0, 0.05) is 24.3 Å². The van der Waals surface area contributed by atoms with Gasteiger partial charge < -0.3 is 5.73 Å². The van der Waals surface area contributed by atoms with E-state index in [0.29, 0.717) is 0 Å². The maximum Gasteiger partial charge on any atom is 0.0537 e. The van der Waals surface area contributed by atoms with Crippen LogP contribution in [0.5, 0.6) is 0 Å². The first kappa shape index (κ1) is 12.8. The molecule has 1 aromatic heterocycles. The fourth-order valence-corrected chi connectivity index (χ4v) is 2.10. The average molecular weight is 243 g/mol. The van der Waals surface area contributed by atoms with Gasteiger partial charge in [-0.25, -0.2) is 0 Å². The molecule has 18 heavy (non-hydrogen) atoms. The Bertz CT molecular complexity index is 502. The monoisotopic (exact) mass is 243 g/mol. The molecule has 0 spiro atoms. The van der Waals surface area contributed by atoms with Crippen molar-refractivity contribution in [2.45, 2.75) is 39.3 Å². The summed E-state index contributed by atoms with van der Waals surface area (Å²) in [6, 6.07) is 8.68. The normalized spacial score (nSPS) is 12.6. The van der Waals surface area contributed by atoms with Crippen molar-refractivity contribution in [1.29, 1.82) is 0 Å². The molecule has 96 valence electrons. The third kappa shape index (κ3) is 3.20. The molecule has 0 aliphatic heterocycles. The van der Waals surface area contributed by atoms with Crippen LogP contribution in [-0.2, 0) is 13.0 Å². The summed E-state index contributed by atoms with van der Waals surface area (Å²) in [7, 11) is 0. The summed E-state index contributed by atoms with van der Waals surface area (Å²) in [5.74, 6) is 0. The number of nitrogens with zero attached hydrogens (tertiary/aromatic N) is 2. The van der Waals surface area contributed by atoms with E-state index in [0.717, 1.165) is 24.9 Å². The summed E-state index contributed by atoms with van der Waals surface area (Å²) in [6.45, 7) is 5.09. The van der Waals surface area contributed by atoms with E-state index in [4.69, 9.17) is 5.73 Å². The van der Waals surface area contributed by atoms with Crippen molar-refractivity contribution in [3.63, 3.8) is 0 Å². The highest BCUT2D eigenvalue weighted by Gasteiger charge is 2.08. The minimum Gasteiger partial charge on any atom is -0.324 e. The second-order valence-corrected chi connectivity index (χ2v) is 4.76. The third-order valence-corrected chi connectivity index (χ3v) is 3.23. The Morgan fingerprint density at radius 2 is 2.22 bits per heavy atom. The zero-order valence-electron chi connectivity index (χ0n) is 11.1. The number of hydrogen-bond acceptors (Lipinski definition) is 2. The van der Waals surface area contributed by atoms with Crippen LogP contribution in [0.25, 0.3) is 0 Å². The van der Waals surface area contributed by atoms with E-state index in [1.807, 2.05) is 17.1 Å². The smallest absolute Gasteiger partial charge is 0.0537 e. The van der Waals surface area contributed by atoms with Gasteiger partial charge in [0.2, 0.25) is 0 Å². The lowest BCUT2D eigenvalue weighted by Crippen LogP contribution is -2.10. The number of benzene rings is 1. The largest absolute Gasteiger partial charge is 0.324 e. The van der Waals surface area contributed by atoms with Crippen molar-refractivity contribution in [2.24, 2.45) is 5.73 Å². The molecule has 1 atom stereocenters. The third-order valence-electron chi connectivity index (χ3n) is 3.23. The lowest BCUT2D eigenvalue weighted by Gasteiger charge is -2.09. The maximum absolute atomic E-state index is 6.20. The predicted octanol–water partition coefficient (Wildman–Crippen LogP) is 2.84. The maximum atomic E-state index is 6.20. The molecule has 3 nitrogen and oxygen atoms in total. The van der Waals surface area contributed by atoms with Gasteiger partial charge in [0.15, 0.2) is 0 Å². The van der Waals surface area contributed by atoms with Crippen molar-refractivity contribution >= 4 is 0 Å². The van der Waals surface area contributed by atoms with Gasteiger partial charge >= 0.3 is 0 Å². The van der Waals surface area contributed by atoms with E-state index in [9.17, 15) is 0 Å². The minimum absolute atomic E-state index is 0.0748. The lowest BCUT2D eigenvalue weighted by molar-refractivity contribution is 0.640. The molecule has 0 aliphatic rings. The summed E-state index contributed by atoms with van der Waals surface area (Å²) in [5.41, 5.74) is 9.99. The predicted molar refractivity (Wildman–Crippen MR) is 74.3 cm³/mol. The highest BCUT2D eigenvalue weighted by Crippen LogP contribution is 2.16. The van der Waals surface area contributed by atoms with Crippen molar-refractivity contribution in [3.05, 3.63) is 53.3 Å². The van der Waals surface area contributed by atoms with Crippen LogP contribution >= 0.6 is 0 Å². The molecule has 1 heterocycles. The van der Waals surface area contributed by atoms with E-state index in [2.05, 4.69) is 43.2 Å². The molecule has 1 aromatic carbocycles. The van der Waals surface area contributed by atoms with E-state index < -0.39 is 0 Å². The highest BCUT2D eigenvalue weighted by atomic mass is 15.3. The Morgan fingerprint density at radius 1 is 1.39 bits per heavy atom. The van der Waals surface area contributed by atoms with Crippen LogP contribution in [-0.4, -0.2) is 9.78 Å². The number of aryl methyl sites for hydroxylation is 3. The number of rotatable bonds is 5. The van der Waals surface area contributed by atoms with Gasteiger partial charge in [-0.15, -0.1) is 0 Å². The molecule has 0 bridgehead atoms. The topological polar surface area (TPSA) is 43.8 Å². The Balaban J connectivity index is 1.93. The molecule has 0 saturated heterocycles. The molecule has 0 fully saturated rings. The Morgan fingerprint density at radius 3 is 2.89 bits per heavy atom. The first-order valence-corrected chi connectivity index (χ1v) is 6.52. The summed E-state index contributed by atoms with van der Waals surface area (Å²) in [6.07, 6.45) is 5.89. The van der Waals surface area contributed by atoms with Gasteiger partial charge in [-0.05, 0) is 32.3 Å². The van der Waals surface area contributed by atoms with E-state index >= 15 is 0 Å². The van der Waals surface area contributed by atoms with E-state index in [-0.39, 0.29) is 6.04 Å². The summed E-state index contributed by atoms with van der Waals surface area (Å²) in [4.78, 5) is 0. The molecule has 0 aliphatic carbocycles. The molecule has 2 N–H and O–H groups in total. The molecule has 0 saturated carbocycles. The molecule has 0 radical (unpaired) electrons. The van der Waals surface area contributed by atoms with Crippen molar-refractivity contribution in [1.82, 2.24) is 9.78 Å². The molecular formula is C15H21N3. The fraction of sp³-hybridized carbons (Fsp3) is 0.400. The molecule has 3 heteroatoms. The molecule has 2 rings (SSSR count). The molecular weight excluding hydrogens is 222 g/mol. The Kier molecular flexibility index (Phi) is 4.15. The van der Waals surface area contributed by atoms with Crippen LogP contribution in [0.3, 0.4) is 0 Å². The number of aromatic nitrogens is 2. The standard InChI is InChI=1S/C15H21N3/c1-3-18-11-14(10-17-18)15(16)8-7-13-6-4-5-12(2)9-13/h4-6,9-11,15H,3,7-8,16H2,1-2H3. The van der Waals surface area contributed by atoms with Gasteiger partial charge in [0.1, 0.15) is 0 Å². The Hall–Kier alpha value is -1.61.